The van der Waals surface area contributed by atoms with Gasteiger partial charge in [-0.25, -0.2) is 13.2 Å². The number of nitrogens with zero attached hydrogens (tertiary/aromatic N) is 1. The maximum absolute atomic E-state index is 12.8. The van der Waals surface area contributed by atoms with Gasteiger partial charge in [-0.2, -0.15) is 4.31 Å². The molecule has 8 nitrogen and oxygen atoms in total. The molecule has 9 heteroatoms. The largest absolute Gasteiger partial charge is 0.493 e. The molecular weight excluding hydrogens is 398 g/mol. The van der Waals surface area contributed by atoms with E-state index in [0.717, 1.165) is 0 Å². The molecule has 0 bridgehead atoms. The van der Waals surface area contributed by atoms with Crippen molar-refractivity contribution in [2.75, 3.05) is 40.5 Å². The summed E-state index contributed by atoms with van der Waals surface area (Å²) in [5.74, 6) is 0.336. The van der Waals surface area contributed by atoms with Gasteiger partial charge in [-0.1, -0.05) is 12.1 Å². The van der Waals surface area contributed by atoms with Crippen molar-refractivity contribution in [3.8, 4) is 11.5 Å². The summed E-state index contributed by atoms with van der Waals surface area (Å²) < 4.78 is 48.0. The molecule has 1 aliphatic rings. The van der Waals surface area contributed by atoms with E-state index < -0.39 is 16.0 Å². The van der Waals surface area contributed by atoms with E-state index in [1.54, 1.807) is 36.4 Å². The molecule has 0 atom stereocenters. The van der Waals surface area contributed by atoms with E-state index in [1.165, 1.54) is 24.6 Å². The summed E-state index contributed by atoms with van der Waals surface area (Å²) in [7, 11) is -0.803. The van der Waals surface area contributed by atoms with Crippen molar-refractivity contribution in [1.82, 2.24) is 4.31 Å². The maximum Gasteiger partial charge on any atom is 0.337 e. The quantitative estimate of drug-likeness (QED) is 0.632. The molecule has 0 N–H and O–H groups in total. The Balaban J connectivity index is 1.75. The van der Waals surface area contributed by atoms with Crippen LogP contribution >= 0.6 is 0 Å². The minimum atomic E-state index is -3.58. The zero-order valence-electron chi connectivity index (χ0n) is 16.3. The second-order valence-electron chi connectivity index (χ2n) is 6.31. The number of carbonyl (C=O) groups is 1. The third-order valence-corrected chi connectivity index (χ3v) is 6.38. The number of ether oxygens (including phenoxy) is 4. The van der Waals surface area contributed by atoms with Gasteiger partial charge in [0.25, 0.3) is 0 Å². The Kier molecular flexibility index (Phi) is 6.73. The highest BCUT2D eigenvalue weighted by molar-refractivity contribution is 7.89. The lowest BCUT2D eigenvalue weighted by Gasteiger charge is -2.26. The molecule has 1 heterocycles. The second-order valence-corrected chi connectivity index (χ2v) is 8.25. The lowest BCUT2D eigenvalue weighted by atomic mass is 10.2. The number of morpholine rings is 1. The van der Waals surface area contributed by atoms with Crippen molar-refractivity contribution in [3.63, 3.8) is 0 Å². The normalized spacial score (nSPS) is 15.0. The van der Waals surface area contributed by atoms with Crippen molar-refractivity contribution in [2.24, 2.45) is 0 Å². The average Bonchev–Trinajstić information content (AvgIpc) is 2.77. The fourth-order valence-electron chi connectivity index (χ4n) is 2.92. The Morgan fingerprint density at radius 2 is 1.83 bits per heavy atom. The van der Waals surface area contributed by atoms with Gasteiger partial charge < -0.3 is 18.9 Å². The summed E-state index contributed by atoms with van der Waals surface area (Å²) in [6.45, 7) is 1.60. The van der Waals surface area contributed by atoms with Crippen LogP contribution in [0.5, 0.6) is 11.5 Å². The van der Waals surface area contributed by atoms with Crippen LogP contribution in [0.3, 0.4) is 0 Å². The zero-order chi connectivity index (χ0) is 20.9. The highest BCUT2D eigenvalue weighted by Gasteiger charge is 2.26. The van der Waals surface area contributed by atoms with Crippen LogP contribution in [-0.2, 0) is 26.1 Å². The molecule has 1 aliphatic heterocycles. The smallest absolute Gasteiger partial charge is 0.337 e. The van der Waals surface area contributed by atoms with Crippen LogP contribution in [0.25, 0.3) is 0 Å². The molecule has 0 amide bonds. The number of esters is 1. The van der Waals surface area contributed by atoms with E-state index >= 15 is 0 Å². The summed E-state index contributed by atoms with van der Waals surface area (Å²) in [6.07, 6.45) is 0. The number of carbonyl (C=O) groups excluding carboxylic acids is 1. The lowest BCUT2D eigenvalue weighted by Crippen LogP contribution is -2.40. The third-order valence-electron chi connectivity index (χ3n) is 4.49. The van der Waals surface area contributed by atoms with E-state index in [1.807, 2.05) is 0 Å². The Bertz CT molecular complexity index is 969. The number of hydrogen-bond donors (Lipinski definition) is 0. The van der Waals surface area contributed by atoms with Crippen LogP contribution in [0.4, 0.5) is 0 Å². The first-order valence-corrected chi connectivity index (χ1v) is 10.5. The maximum atomic E-state index is 12.8. The molecule has 0 saturated carbocycles. The summed E-state index contributed by atoms with van der Waals surface area (Å²) in [6, 6.07) is 11.3. The standard InChI is InChI=1S/C20H23NO7S/c1-25-19-13-16(20(22)26-2)6-7-18(19)28-14-15-4-3-5-17(12-15)29(23,24)21-8-10-27-11-9-21/h3-7,12-13H,8-11,14H2,1-2H3. The van der Waals surface area contributed by atoms with Crippen LogP contribution in [0.15, 0.2) is 47.4 Å². The van der Waals surface area contributed by atoms with Crippen molar-refractivity contribution in [2.45, 2.75) is 11.5 Å². The second kappa shape index (κ2) is 9.25. The van der Waals surface area contributed by atoms with Gasteiger partial charge in [0.1, 0.15) is 6.61 Å². The number of methoxy groups -OCH3 is 2. The number of hydrogen-bond acceptors (Lipinski definition) is 7. The first-order valence-electron chi connectivity index (χ1n) is 9.01. The Hall–Kier alpha value is -2.62. The Labute approximate surface area is 170 Å². The topological polar surface area (TPSA) is 91.4 Å². The molecule has 0 aromatic heterocycles. The predicted octanol–water partition coefficient (Wildman–Crippen LogP) is 2.08. The molecule has 29 heavy (non-hydrogen) atoms. The molecule has 0 unspecified atom stereocenters. The van der Waals surface area contributed by atoms with Crippen LogP contribution in [0, 0.1) is 0 Å². The van der Waals surface area contributed by atoms with E-state index in [2.05, 4.69) is 0 Å². The number of sulfonamides is 1. The molecule has 0 radical (unpaired) electrons. The number of rotatable bonds is 7. The molecule has 3 rings (SSSR count). The molecular formula is C20H23NO7S. The average molecular weight is 421 g/mol. The van der Waals surface area contributed by atoms with Gasteiger partial charge in [-0.15, -0.1) is 0 Å². The van der Waals surface area contributed by atoms with E-state index in [0.29, 0.717) is 48.9 Å². The van der Waals surface area contributed by atoms with Crippen LogP contribution < -0.4 is 9.47 Å². The van der Waals surface area contributed by atoms with Gasteiger partial charge in [0.2, 0.25) is 10.0 Å². The highest BCUT2D eigenvalue weighted by atomic mass is 32.2. The van der Waals surface area contributed by atoms with Crippen molar-refractivity contribution < 1.29 is 32.2 Å². The van der Waals surface area contributed by atoms with Crippen molar-refractivity contribution >= 4 is 16.0 Å². The zero-order valence-corrected chi connectivity index (χ0v) is 17.1. The molecule has 1 saturated heterocycles. The van der Waals surface area contributed by atoms with Crippen molar-refractivity contribution in [3.05, 3.63) is 53.6 Å². The Morgan fingerprint density at radius 3 is 2.52 bits per heavy atom. The van der Waals surface area contributed by atoms with Gasteiger partial charge in [-0.05, 0) is 35.9 Å². The predicted molar refractivity (Wildman–Crippen MR) is 105 cm³/mol. The minimum absolute atomic E-state index is 0.139. The molecule has 0 spiro atoms. The van der Waals surface area contributed by atoms with Gasteiger partial charge in [-0.3, -0.25) is 0 Å². The summed E-state index contributed by atoms with van der Waals surface area (Å²) in [5.41, 5.74) is 1.04. The van der Waals surface area contributed by atoms with Gasteiger partial charge >= 0.3 is 5.97 Å². The van der Waals surface area contributed by atoms with Crippen LogP contribution in [-0.4, -0.2) is 59.2 Å². The molecule has 0 aliphatic carbocycles. The summed E-state index contributed by atoms with van der Waals surface area (Å²) in [4.78, 5) is 11.9. The summed E-state index contributed by atoms with van der Waals surface area (Å²) in [5, 5.41) is 0. The molecule has 2 aromatic carbocycles. The summed E-state index contributed by atoms with van der Waals surface area (Å²) >= 11 is 0. The van der Waals surface area contributed by atoms with Crippen LogP contribution in [0.2, 0.25) is 0 Å². The molecule has 1 fully saturated rings. The lowest BCUT2D eigenvalue weighted by molar-refractivity contribution is 0.0600. The van der Waals surface area contributed by atoms with Crippen molar-refractivity contribution in [1.29, 1.82) is 0 Å². The number of benzene rings is 2. The Morgan fingerprint density at radius 1 is 1.07 bits per heavy atom. The highest BCUT2D eigenvalue weighted by Crippen LogP contribution is 2.29. The van der Waals surface area contributed by atoms with E-state index in [9.17, 15) is 13.2 Å². The fourth-order valence-corrected chi connectivity index (χ4v) is 4.40. The van der Waals surface area contributed by atoms with E-state index in [-0.39, 0.29) is 11.5 Å². The molecule has 2 aromatic rings. The third kappa shape index (κ3) is 4.87. The van der Waals surface area contributed by atoms with Gasteiger partial charge in [0, 0.05) is 13.1 Å². The monoisotopic (exact) mass is 421 g/mol. The first kappa shape index (κ1) is 21.1. The molecule has 156 valence electrons. The van der Waals surface area contributed by atoms with Gasteiger partial charge in [0.05, 0.1) is 37.9 Å². The minimum Gasteiger partial charge on any atom is -0.493 e. The van der Waals surface area contributed by atoms with Crippen LogP contribution in [0.1, 0.15) is 15.9 Å². The SMILES string of the molecule is COC(=O)c1ccc(OCc2cccc(S(=O)(=O)N3CCOCC3)c2)c(OC)c1. The fraction of sp³-hybridized carbons (Fsp3) is 0.350. The van der Waals surface area contributed by atoms with Gasteiger partial charge in [0.15, 0.2) is 11.5 Å². The van der Waals surface area contributed by atoms with E-state index in [4.69, 9.17) is 18.9 Å². The first-order chi connectivity index (χ1) is 14.0.